The van der Waals surface area contributed by atoms with Crippen LogP contribution in [0.15, 0.2) is 42.5 Å². The second-order valence-corrected chi connectivity index (χ2v) is 5.95. The first-order chi connectivity index (χ1) is 11.0. The predicted octanol–water partition coefficient (Wildman–Crippen LogP) is 1.56. The lowest BCUT2D eigenvalue weighted by molar-refractivity contribution is -0.127. The van der Waals surface area contributed by atoms with Crippen molar-refractivity contribution in [1.29, 1.82) is 0 Å². The van der Waals surface area contributed by atoms with Crippen molar-refractivity contribution in [3.8, 4) is 0 Å². The molecule has 5 nitrogen and oxygen atoms in total. The summed E-state index contributed by atoms with van der Waals surface area (Å²) in [6, 6.07) is 13.5. The summed E-state index contributed by atoms with van der Waals surface area (Å²) < 4.78 is 0. The summed E-state index contributed by atoms with van der Waals surface area (Å²) in [7, 11) is 0. The number of rotatable bonds is 6. The predicted molar refractivity (Wildman–Crippen MR) is 91.6 cm³/mol. The first-order valence-corrected chi connectivity index (χ1v) is 7.75. The van der Waals surface area contributed by atoms with Crippen molar-refractivity contribution in [2.24, 2.45) is 11.7 Å². The van der Waals surface area contributed by atoms with Crippen LogP contribution in [0.3, 0.4) is 0 Å². The van der Waals surface area contributed by atoms with Gasteiger partial charge in [-0.05, 0) is 28.3 Å². The molecule has 1 atom stereocenters. The molecule has 0 aliphatic rings. The van der Waals surface area contributed by atoms with Crippen LogP contribution < -0.4 is 16.4 Å². The number of amides is 2. The van der Waals surface area contributed by atoms with Crippen LogP contribution in [-0.4, -0.2) is 24.4 Å². The topological polar surface area (TPSA) is 84.2 Å². The molecular weight excluding hydrogens is 290 g/mol. The van der Waals surface area contributed by atoms with Gasteiger partial charge in [-0.3, -0.25) is 9.59 Å². The van der Waals surface area contributed by atoms with Gasteiger partial charge in [-0.1, -0.05) is 50.2 Å². The molecule has 0 unspecified atom stereocenters. The molecule has 0 aliphatic carbocycles. The zero-order valence-electron chi connectivity index (χ0n) is 13.5. The number of fused-ring (bicyclic) bond motifs is 1. The summed E-state index contributed by atoms with van der Waals surface area (Å²) in [6.07, 6.45) is 0. The quantitative estimate of drug-likeness (QED) is 0.756. The van der Waals surface area contributed by atoms with Crippen molar-refractivity contribution in [2.45, 2.75) is 26.4 Å². The molecule has 2 aromatic rings. The van der Waals surface area contributed by atoms with E-state index in [4.69, 9.17) is 5.73 Å². The van der Waals surface area contributed by atoms with E-state index >= 15 is 0 Å². The van der Waals surface area contributed by atoms with E-state index in [0.29, 0.717) is 6.54 Å². The fourth-order valence-electron chi connectivity index (χ4n) is 2.20. The minimum Gasteiger partial charge on any atom is -0.350 e. The molecule has 23 heavy (non-hydrogen) atoms. The van der Waals surface area contributed by atoms with Gasteiger partial charge in [0.25, 0.3) is 0 Å². The highest BCUT2D eigenvalue weighted by molar-refractivity contribution is 5.87. The van der Waals surface area contributed by atoms with Gasteiger partial charge in [0.2, 0.25) is 11.8 Å². The summed E-state index contributed by atoms with van der Waals surface area (Å²) in [5.41, 5.74) is 6.74. The smallest absolute Gasteiger partial charge is 0.239 e. The van der Waals surface area contributed by atoms with Gasteiger partial charge < -0.3 is 16.4 Å². The van der Waals surface area contributed by atoms with Gasteiger partial charge in [-0.25, -0.2) is 0 Å². The lowest BCUT2D eigenvalue weighted by Crippen LogP contribution is -2.47. The largest absolute Gasteiger partial charge is 0.350 e. The number of carbonyl (C=O) groups is 2. The average molecular weight is 313 g/mol. The van der Waals surface area contributed by atoms with Gasteiger partial charge in [0.1, 0.15) is 0 Å². The van der Waals surface area contributed by atoms with Crippen molar-refractivity contribution in [2.75, 3.05) is 6.54 Å². The van der Waals surface area contributed by atoms with Crippen LogP contribution in [0.2, 0.25) is 0 Å². The Morgan fingerprint density at radius 2 is 1.74 bits per heavy atom. The maximum absolute atomic E-state index is 11.8. The number of carbonyl (C=O) groups excluding carboxylic acids is 2. The zero-order chi connectivity index (χ0) is 16.8. The Hall–Kier alpha value is -2.40. The number of hydrogen-bond donors (Lipinski definition) is 3. The third-order valence-corrected chi connectivity index (χ3v) is 3.75. The Balaban J connectivity index is 1.82. The fraction of sp³-hybridized carbons (Fsp3) is 0.333. The molecule has 2 amide bonds. The number of nitrogens with two attached hydrogens (primary N) is 1. The van der Waals surface area contributed by atoms with Gasteiger partial charge in [0.15, 0.2) is 0 Å². The number of hydrogen-bond acceptors (Lipinski definition) is 3. The maximum Gasteiger partial charge on any atom is 0.239 e. The molecule has 5 heteroatoms. The van der Waals surface area contributed by atoms with E-state index in [0.717, 1.165) is 16.3 Å². The van der Waals surface area contributed by atoms with Gasteiger partial charge in [0.05, 0.1) is 12.6 Å². The molecule has 0 saturated heterocycles. The van der Waals surface area contributed by atoms with Gasteiger partial charge in [0, 0.05) is 6.54 Å². The molecule has 0 bridgehead atoms. The lowest BCUT2D eigenvalue weighted by Gasteiger charge is -2.15. The first kappa shape index (κ1) is 17.0. The number of benzene rings is 2. The normalized spacial score (nSPS) is 12.2. The lowest BCUT2D eigenvalue weighted by atomic mass is 10.1. The molecule has 0 saturated carbocycles. The van der Waals surface area contributed by atoms with Crippen LogP contribution in [0.1, 0.15) is 19.4 Å². The maximum atomic E-state index is 11.8. The van der Waals surface area contributed by atoms with Gasteiger partial charge >= 0.3 is 0 Å². The van der Waals surface area contributed by atoms with Crippen LogP contribution >= 0.6 is 0 Å². The zero-order valence-corrected chi connectivity index (χ0v) is 13.5. The summed E-state index contributed by atoms with van der Waals surface area (Å²) in [6.45, 7) is 4.09. The van der Waals surface area contributed by atoms with E-state index in [1.165, 1.54) is 0 Å². The molecule has 2 rings (SSSR count). The van der Waals surface area contributed by atoms with Crippen molar-refractivity contribution in [3.05, 3.63) is 48.0 Å². The highest BCUT2D eigenvalue weighted by Gasteiger charge is 2.17. The van der Waals surface area contributed by atoms with Gasteiger partial charge in [-0.15, -0.1) is 0 Å². The van der Waals surface area contributed by atoms with Crippen LogP contribution in [0.25, 0.3) is 10.8 Å². The van der Waals surface area contributed by atoms with E-state index in [1.807, 2.05) is 56.3 Å². The van der Waals surface area contributed by atoms with Crippen LogP contribution in [0.5, 0.6) is 0 Å². The molecule has 4 N–H and O–H groups in total. The molecule has 0 spiro atoms. The third-order valence-electron chi connectivity index (χ3n) is 3.75. The minimum atomic E-state index is -0.594. The second-order valence-electron chi connectivity index (χ2n) is 5.95. The Morgan fingerprint density at radius 1 is 1.04 bits per heavy atom. The van der Waals surface area contributed by atoms with E-state index in [9.17, 15) is 9.59 Å². The van der Waals surface area contributed by atoms with E-state index in [-0.39, 0.29) is 24.3 Å². The summed E-state index contributed by atoms with van der Waals surface area (Å²) in [5, 5.41) is 7.65. The van der Waals surface area contributed by atoms with Crippen LogP contribution in [0, 0.1) is 5.92 Å². The molecule has 0 aliphatic heterocycles. The molecule has 0 aromatic heterocycles. The highest BCUT2D eigenvalue weighted by Crippen LogP contribution is 2.15. The monoisotopic (exact) mass is 313 g/mol. The van der Waals surface area contributed by atoms with Crippen molar-refractivity contribution in [1.82, 2.24) is 10.6 Å². The molecule has 0 heterocycles. The van der Waals surface area contributed by atoms with Crippen LogP contribution in [-0.2, 0) is 16.1 Å². The Bertz CT molecular complexity index is 697. The van der Waals surface area contributed by atoms with Crippen molar-refractivity contribution in [3.63, 3.8) is 0 Å². The molecule has 0 fully saturated rings. The van der Waals surface area contributed by atoms with E-state index in [2.05, 4.69) is 10.6 Å². The third kappa shape index (κ3) is 4.79. The minimum absolute atomic E-state index is 0.0376. The summed E-state index contributed by atoms with van der Waals surface area (Å²) >= 11 is 0. The second kappa shape index (κ2) is 7.74. The Kier molecular flexibility index (Phi) is 5.71. The average Bonchev–Trinajstić information content (AvgIpc) is 2.56. The van der Waals surface area contributed by atoms with Gasteiger partial charge in [-0.2, -0.15) is 0 Å². The summed E-state index contributed by atoms with van der Waals surface area (Å²) in [4.78, 5) is 23.5. The Morgan fingerprint density at radius 3 is 2.43 bits per heavy atom. The number of nitrogens with one attached hydrogen (secondary N) is 2. The highest BCUT2D eigenvalue weighted by atomic mass is 16.2. The van der Waals surface area contributed by atoms with E-state index < -0.39 is 6.04 Å². The standard InChI is InChI=1S/C18H23N3O2/c1-12(2)17(19)18(23)21-11-16(22)20-10-13-7-8-14-5-3-4-6-15(14)9-13/h3-9,12,17H,10-11,19H2,1-2H3,(H,20,22)(H,21,23)/t17-/m0/s1. The molecular formula is C18H23N3O2. The fourth-order valence-corrected chi connectivity index (χ4v) is 2.20. The summed E-state index contributed by atoms with van der Waals surface area (Å²) in [5.74, 6) is -0.501. The van der Waals surface area contributed by atoms with Crippen molar-refractivity contribution < 1.29 is 9.59 Å². The SMILES string of the molecule is CC(C)[C@H](N)C(=O)NCC(=O)NCc1ccc2ccccc2c1. The first-order valence-electron chi connectivity index (χ1n) is 7.75. The Labute approximate surface area is 136 Å². The van der Waals surface area contributed by atoms with E-state index in [1.54, 1.807) is 0 Å². The molecule has 122 valence electrons. The van der Waals surface area contributed by atoms with Crippen molar-refractivity contribution >= 4 is 22.6 Å². The molecule has 2 aromatic carbocycles. The molecule has 0 radical (unpaired) electrons. The van der Waals surface area contributed by atoms with Crippen LogP contribution in [0.4, 0.5) is 0 Å².